The van der Waals surface area contributed by atoms with E-state index in [1.165, 1.54) is 19.3 Å². The number of rotatable bonds is 3. The maximum absolute atomic E-state index is 6.32. The fourth-order valence-electron chi connectivity index (χ4n) is 3.71. The highest BCUT2D eigenvalue weighted by Crippen LogP contribution is 2.51. The summed E-state index contributed by atoms with van der Waals surface area (Å²) in [5, 5.41) is 0. The van der Waals surface area contributed by atoms with Crippen LogP contribution in [0.4, 0.5) is 0 Å². The Morgan fingerprint density at radius 1 is 0.952 bits per heavy atom. The lowest BCUT2D eigenvalue weighted by Crippen LogP contribution is -2.45. The fraction of sp³-hybridized carbons (Fsp3) is 1.00. The van der Waals surface area contributed by atoms with E-state index in [0.29, 0.717) is 22.3 Å². The van der Waals surface area contributed by atoms with Crippen molar-refractivity contribution in [2.24, 2.45) is 21.7 Å². The molecule has 0 radical (unpaired) electrons. The first-order valence-electron chi connectivity index (χ1n) is 8.69. The molecule has 2 nitrogen and oxygen atoms in total. The molecule has 3 atom stereocenters. The summed E-state index contributed by atoms with van der Waals surface area (Å²) >= 11 is 0. The first kappa shape index (κ1) is 17.3. The Labute approximate surface area is 132 Å². The minimum Gasteiger partial charge on any atom is -0.381 e. The summed E-state index contributed by atoms with van der Waals surface area (Å²) in [6.07, 6.45) is 5.26. The van der Waals surface area contributed by atoms with Gasteiger partial charge in [0.15, 0.2) is 0 Å². The lowest BCUT2D eigenvalue weighted by Gasteiger charge is -2.49. The molecule has 2 heterocycles. The zero-order valence-corrected chi connectivity index (χ0v) is 15.3. The Hall–Kier alpha value is -0.0800. The molecule has 3 unspecified atom stereocenters. The third-order valence-electron chi connectivity index (χ3n) is 7.06. The molecule has 0 saturated carbocycles. The largest absolute Gasteiger partial charge is 0.381 e. The third kappa shape index (κ3) is 3.32. The molecule has 2 rings (SSSR count). The summed E-state index contributed by atoms with van der Waals surface area (Å²) in [7, 11) is 0. The van der Waals surface area contributed by atoms with Crippen LogP contribution < -0.4 is 0 Å². The van der Waals surface area contributed by atoms with Crippen molar-refractivity contribution in [3.05, 3.63) is 0 Å². The van der Waals surface area contributed by atoms with Gasteiger partial charge in [-0.1, -0.05) is 48.5 Å². The van der Waals surface area contributed by atoms with Crippen LogP contribution in [0, 0.1) is 21.7 Å². The van der Waals surface area contributed by atoms with Crippen LogP contribution >= 0.6 is 0 Å². The second-order valence-electron chi connectivity index (χ2n) is 9.73. The van der Waals surface area contributed by atoms with Crippen molar-refractivity contribution in [1.29, 1.82) is 0 Å². The van der Waals surface area contributed by atoms with Crippen LogP contribution in [0.2, 0.25) is 0 Å². The standard InChI is InChI=1S/C19H36O2/c1-16(2,3)18(6)9-8-15(21-14-18)12-17(4,5)19(7)10-11-20-13-19/h15H,8-14H2,1-7H3. The zero-order chi connectivity index (χ0) is 15.9. The van der Waals surface area contributed by atoms with Gasteiger partial charge < -0.3 is 9.47 Å². The molecule has 0 aromatic carbocycles. The lowest BCUT2D eigenvalue weighted by molar-refractivity contribution is -0.119. The third-order valence-corrected chi connectivity index (χ3v) is 7.06. The maximum Gasteiger partial charge on any atom is 0.0581 e. The van der Waals surface area contributed by atoms with Crippen LogP contribution in [0.25, 0.3) is 0 Å². The smallest absolute Gasteiger partial charge is 0.0581 e. The normalized spacial score (nSPS) is 38.7. The molecule has 2 heteroatoms. The molecule has 124 valence electrons. The van der Waals surface area contributed by atoms with Crippen molar-refractivity contribution in [2.75, 3.05) is 19.8 Å². The molecule has 0 bridgehead atoms. The van der Waals surface area contributed by atoms with Gasteiger partial charge in [-0.15, -0.1) is 0 Å². The fourth-order valence-corrected chi connectivity index (χ4v) is 3.71. The number of hydrogen-bond acceptors (Lipinski definition) is 2. The minimum atomic E-state index is 0.281. The summed E-state index contributed by atoms with van der Waals surface area (Å²) in [6.45, 7) is 19.4. The molecule has 2 saturated heterocycles. The van der Waals surface area contributed by atoms with Gasteiger partial charge >= 0.3 is 0 Å². The van der Waals surface area contributed by atoms with Crippen LogP contribution in [0.1, 0.15) is 74.1 Å². The van der Waals surface area contributed by atoms with Crippen LogP contribution in [0.15, 0.2) is 0 Å². The molecule has 0 N–H and O–H groups in total. The molecule has 2 fully saturated rings. The monoisotopic (exact) mass is 296 g/mol. The summed E-state index contributed by atoms with van der Waals surface area (Å²) < 4.78 is 12.0. The molecular weight excluding hydrogens is 260 g/mol. The molecule has 0 aromatic rings. The zero-order valence-electron chi connectivity index (χ0n) is 15.3. The Balaban J connectivity index is 1.94. The van der Waals surface area contributed by atoms with Crippen molar-refractivity contribution >= 4 is 0 Å². The highest BCUT2D eigenvalue weighted by atomic mass is 16.5. The van der Waals surface area contributed by atoms with E-state index in [1.807, 2.05) is 0 Å². The van der Waals surface area contributed by atoms with E-state index >= 15 is 0 Å². The Kier molecular flexibility index (Phi) is 4.55. The van der Waals surface area contributed by atoms with Gasteiger partial charge in [-0.05, 0) is 47.3 Å². The van der Waals surface area contributed by atoms with Crippen LogP contribution in [-0.2, 0) is 9.47 Å². The predicted octanol–water partition coefficient (Wildman–Crippen LogP) is 5.06. The van der Waals surface area contributed by atoms with E-state index < -0.39 is 0 Å². The van der Waals surface area contributed by atoms with E-state index in [1.54, 1.807) is 0 Å². The second-order valence-corrected chi connectivity index (χ2v) is 9.73. The predicted molar refractivity (Wildman–Crippen MR) is 88.5 cm³/mol. The lowest BCUT2D eigenvalue weighted by atomic mass is 9.61. The summed E-state index contributed by atoms with van der Waals surface area (Å²) in [5.74, 6) is 0. The summed E-state index contributed by atoms with van der Waals surface area (Å²) in [5.41, 5.74) is 1.22. The molecule has 0 aliphatic carbocycles. The topological polar surface area (TPSA) is 18.5 Å². The maximum atomic E-state index is 6.32. The van der Waals surface area contributed by atoms with Gasteiger partial charge in [0.1, 0.15) is 0 Å². The first-order valence-corrected chi connectivity index (χ1v) is 8.69. The van der Waals surface area contributed by atoms with Crippen molar-refractivity contribution in [2.45, 2.75) is 80.3 Å². The average Bonchev–Trinajstić information content (AvgIpc) is 2.79. The van der Waals surface area contributed by atoms with E-state index in [-0.39, 0.29) is 5.41 Å². The SMILES string of the molecule is CC(C)(C)C1(C)CCC(CC(C)(C)C2(C)CCOC2)OC1. The second kappa shape index (κ2) is 5.53. The Bertz CT molecular complexity index is 350. The van der Waals surface area contributed by atoms with Gasteiger partial charge in [-0.2, -0.15) is 0 Å². The molecule has 2 aliphatic rings. The highest BCUT2D eigenvalue weighted by molar-refractivity contribution is 4.96. The van der Waals surface area contributed by atoms with Gasteiger partial charge in [0.2, 0.25) is 0 Å². The van der Waals surface area contributed by atoms with E-state index in [0.717, 1.165) is 26.2 Å². The van der Waals surface area contributed by atoms with Gasteiger partial charge in [0.05, 0.1) is 19.3 Å². The Morgan fingerprint density at radius 3 is 2.05 bits per heavy atom. The van der Waals surface area contributed by atoms with Gasteiger partial charge in [-0.3, -0.25) is 0 Å². The molecule has 0 aromatic heterocycles. The molecule has 2 aliphatic heterocycles. The van der Waals surface area contributed by atoms with Crippen LogP contribution in [0.5, 0.6) is 0 Å². The number of hydrogen-bond donors (Lipinski definition) is 0. The molecule has 0 amide bonds. The number of ether oxygens (including phenoxy) is 2. The van der Waals surface area contributed by atoms with Crippen LogP contribution in [0.3, 0.4) is 0 Å². The average molecular weight is 296 g/mol. The summed E-state index contributed by atoms with van der Waals surface area (Å²) in [4.78, 5) is 0. The molecule has 21 heavy (non-hydrogen) atoms. The van der Waals surface area contributed by atoms with Crippen molar-refractivity contribution in [1.82, 2.24) is 0 Å². The minimum absolute atomic E-state index is 0.281. The summed E-state index contributed by atoms with van der Waals surface area (Å²) in [6, 6.07) is 0. The van der Waals surface area contributed by atoms with E-state index in [9.17, 15) is 0 Å². The van der Waals surface area contributed by atoms with Gasteiger partial charge in [0.25, 0.3) is 0 Å². The van der Waals surface area contributed by atoms with Crippen molar-refractivity contribution in [3.8, 4) is 0 Å². The van der Waals surface area contributed by atoms with Crippen molar-refractivity contribution in [3.63, 3.8) is 0 Å². The highest BCUT2D eigenvalue weighted by Gasteiger charge is 2.47. The molecule has 0 spiro atoms. The van der Waals surface area contributed by atoms with Gasteiger partial charge in [0, 0.05) is 6.61 Å². The van der Waals surface area contributed by atoms with E-state index in [4.69, 9.17) is 9.47 Å². The van der Waals surface area contributed by atoms with Crippen molar-refractivity contribution < 1.29 is 9.47 Å². The van der Waals surface area contributed by atoms with Gasteiger partial charge in [-0.25, -0.2) is 0 Å². The van der Waals surface area contributed by atoms with E-state index in [2.05, 4.69) is 48.5 Å². The first-order chi connectivity index (χ1) is 9.49. The van der Waals surface area contributed by atoms with Crippen LogP contribution in [-0.4, -0.2) is 25.9 Å². The quantitative estimate of drug-likeness (QED) is 0.724. The Morgan fingerprint density at radius 2 is 1.62 bits per heavy atom. The molecular formula is C19H36O2.